The molecule has 1 aliphatic heterocycles. The molecule has 1 fully saturated rings. The van der Waals surface area contributed by atoms with Crippen molar-refractivity contribution in [2.45, 2.75) is 26.3 Å². The predicted molar refractivity (Wildman–Crippen MR) is 70.1 cm³/mol. The highest BCUT2D eigenvalue weighted by Crippen LogP contribution is 2.18. The summed E-state index contributed by atoms with van der Waals surface area (Å²) in [6.45, 7) is 2.42. The van der Waals surface area contributed by atoms with Crippen LogP contribution in [0, 0.1) is 5.92 Å². The molecule has 1 saturated heterocycles. The van der Waals surface area contributed by atoms with E-state index < -0.39 is 9.84 Å². The van der Waals surface area contributed by atoms with Crippen LogP contribution in [-0.2, 0) is 27.6 Å². The van der Waals surface area contributed by atoms with E-state index in [1.54, 1.807) is 0 Å². The number of carbonyl (C=O) groups is 1. The molecule has 0 unspecified atom stereocenters. The van der Waals surface area contributed by atoms with Gasteiger partial charge in [0, 0.05) is 5.38 Å². The van der Waals surface area contributed by atoms with Crippen LogP contribution in [0.2, 0.25) is 0 Å². The van der Waals surface area contributed by atoms with Gasteiger partial charge in [-0.3, -0.25) is 4.79 Å². The molecule has 2 heterocycles. The van der Waals surface area contributed by atoms with Gasteiger partial charge in [-0.25, -0.2) is 13.4 Å². The molecule has 1 aliphatic rings. The van der Waals surface area contributed by atoms with E-state index in [4.69, 9.17) is 0 Å². The molecule has 100 valence electrons. The zero-order valence-corrected chi connectivity index (χ0v) is 11.8. The van der Waals surface area contributed by atoms with Crippen molar-refractivity contribution in [3.05, 3.63) is 16.1 Å². The van der Waals surface area contributed by atoms with Gasteiger partial charge in [0.05, 0.1) is 29.7 Å². The standard InChI is InChI=1S/C11H16N2O3S2/c1-2-9-6-17-10(13-9)5-12-11(14)8-3-4-18(15,16)7-8/h6,8H,2-5,7H2,1H3,(H,12,14)/t8-/m0/s1. The maximum absolute atomic E-state index is 11.8. The molecule has 18 heavy (non-hydrogen) atoms. The molecule has 0 radical (unpaired) electrons. The lowest BCUT2D eigenvalue weighted by atomic mass is 10.1. The van der Waals surface area contributed by atoms with Crippen LogP contribution in [-0.4, -0.2) is 30.8 Å². The molecular weight excluding hydrogens is 272 g/mol. The third-order valence-electron chi connectivity index (χ3n) is 2.98. The fourth-order valence-electron chi connectivity index (χ4n) is 1.90. The van der Waals surface area contributed by atoms with Crippen molar-refractivity contribution in [3.63, 3.8) is 0 Å². The highest BCUT2D eigenvalue weighted by Gasteiger charge is 2.32. The number of nitrogens with zero attached hydrogens (tertiary/aromatic N) is 1. The molecule has 1 aromatic heterocycles. The van der Waals surface area contributed by atoms with Crippen LogP contribution in [0.5, 0.6) is 0 Å². The highest BCUT2D eigenvalue weighted by atomic mass is 32.2. The molecule has 0 saturated carbocycles. The summed E-state index contributed by atoms with van der Waals surface area (Å²) in [6, 6.07) is 0. The van der Waals surface area contributed by atoms with E-state index >= 15 is 0 Å². The number of thiazole rings is 1. The summed E-state index contributed by atoms with van der Waals surface area (Å²) in [5.74, 6) is -0.455. The van der Waals surface area contributed by atoms with Gasteiger partial charge in [0.15, 0.2) is 9.84 Å². The van der Waals surface area contributed by atoms with Crippen LogP contribution in [0.1, 0.15) is 24.0 Å². The lowest BCUT2D eigenvalue weighted by Gasteiger charge is -2.07. The molecule has 0 spiro atoms. The summed E-state index contributed by atoms with van der Waals surface area (Å²) < 4.78 is 22.5. The number of nitrogens with one attached hydrogen (secondary N) is 1. The SMILES string of the molecule is CCc1csc(CNC(=O)[C@H]2CCS(=O)(=O)C2)n1. The lowest BCUT2D eigenvalue weighted by Crippen LogP contribution is -2.30. The molecule has 2 rings (SSSR count). The van der Waals surface area contributed by atoms with E-state index in [0.29, 0.717) is 13.0 Å². The Morgan fingerprint density at radius 3 is 2.94 bits per heavy atom. The van der Waals surface area contributed by atoms with Crippen molar-refractivity contribution in [2.24, 2.45) is 5.92 Å². The second-order valence-corrected chi connectivity index (χ2v) is 7.58. The van der Waals surface area contributed by atoms with Crippen molar-refractivity contribution in [1.29, 1.82) is 0 Å². The average Bonchev–Trinajstić information content (AvgIpc) is 2.92. The van der Waals surface area contributed by atoms with E-state index in [0.717, 1.165) is 17.1 Å². The number of hydrogen-bond acceptors (Lipinski definition) is 5. The second-order valence-electron chi connectivity index (χ2n) is 4.40. The molecular formula is C11H16N2O3S2. The third kappa shape index (κ3) is 3.29. The number of carbonyl (C=O) groups excluding carboxylic acids is 1. The van der Waals surface area contributed by atoms with Gasteiger partial charge in [-0.05, 0) is 12.8 Å². The molecule has 1 aromatic rings. The molecule has 1 atom stereocenters. The largest absolute Gasteiger partial charge is 0.349 e. The molecule has 5 nitrogen and oxygen atoms in total. The number of amides is 1. The van der Waals surface area contributed by atoms with Crippen molar-refractivity contribution in [3.8, 4) is 0 Å². The first-order chi connectivity index (χ1) is 8.50. The smallest absolute Gasteiger partial charge is 0.224 e. The van der Waals surface area contributed by atoms with Gasteiger partial charge >= 0.3 is 0 Å². The monoisotopic (exact) mass is 288 g/mol. The maximum Gasteiger partial charge on any atom is 0.224 e. The van der Waals surface area contributed by atoms with Crippen LogP contribution in [0.3, 0.4) is 0 Å². The summed E-state index contributed by atoms with van der Waals surface area (Å²) >= 11 is 1.51. The number of rotatable bonds is 4. The van der Waals surface area contributed by atoms with Gasteiger partial charge in [0.1, 0.15) is 5.01 Å². The van der Waals surface area contributed by atoms with Crippen molar-refractivity contribution >= 4 is 27.1 Å². The van der Waals surface area contributed by atoms with Crippen LogP contribution in [0.4, 0.5) is 0 Å². The third-order valence-corrected chi connectivity index (χ3v) is 5.64. The summed E-state index contributed by atoms with van der Waals surface area (Å²) in [5, 5.41) is 5.60. The van der Waals surface area contributed by atoms with Crippen LogP contribution >= 0.6 is 11.3 Å². The Labute approximate surface area is 111 Å². The zero-order valence-electron chi connectivity index (χ0n) is 10.2. The second kappa shape index (κ2) is 5.36. The Balaban J connectivity index is 1.85. The topological polar surface area (TPSA) is 76.1 Å². The summed E-state index contributed by atoms with van der Waals surface area (Å²) in [4.78, 5) is 16.1. The maximum atomic E-state index is 11.8. The minimum Gasteiger partial charge on any atom is -0.349 e. The number of aryl methyl sites for hydroxylation is 1. The minimum atomic E-state index is -3.00. The molecule has 0 aliphatic carbocycles. The first kappa shape index (κ1) is 13.5. The van der Waals surface area contributed by atoms with Gasteiger partial charge in [-0.2, -0.15) is 0 Å². The van der Waals surface area contributed by atoms with Crippen molar-refractivity contribution < 1.29 is 13.2 Å². The van der Waals surface area contributed by atoms with E-state index in [-0.39, 0.29) is 23.3 Å². The van der Waals surface area contributed by atoms with Crippen LogP contribution in [0.15, 0.2) is 5.38 Å². The van der Waals surface area contributed by atoms with Crippen molar-refractivity contribution in [2.75, 3.05) is 11.5 Å². The molecule has 1 amide bonds. The Morgan fingerprint density at radius 2 is 2.39 bits per heavy atom. The van der Waals surface area contributed by atoms with E-state index in [2.05, 4.69) is 10.3 Å². The molecule has 0 bridgehead atoms. The minimum absolute atomic E-state index is 0.0170. The molecule has 7 heteroatoms. The number of aromatic nitrogens is 1. The number of hydrogen-bond donors (Lipinski definition) is 1. The molecule has 1 N–H and O–H groups in total. The van der Waals surface area contributed by atoms with Gasteiger partial charge in [0.25, 0.3) is 0 Å². The lowest BCUT2D eigenvalue weighted by molar-refractivity contribution is -0.124. The average molecular weight is 288 g/mol. The Morgan fingerprint density at radius 1 is 1.61 bits per heavy atom. The Kier molecular flexibility index (Phi) is 4.01. The fourth-order valence-corrected chi connectivity index (χ4v) is 4.46. The van der Waals surface area contributed by atoms with Gasteiger partial charge < -0.3 is 5.32 Å². The highest BCUT2D eigenvalue weighted by molar-refractivity contribution is 7.91. The quantitative estimate of drug-likeness (QED) is 0.887. The summed E-state index contributed by atoms with van der Waals surface area (Å²) in [7, 11) is -3.00. The molecule has 0 aromatic carbocycles. The first-order valence-corrected chi connectivity index (χ1v) is 8.61. The van der Waals surface area contributed by atoms with Gasteiger partial charge in [-0.15, -0.1) is 11.3 Å². The van der Waals surface area contributed by atoms with Crippen LogP contribution < -0.4 is 5.32 Å². The van der Waals surface area contributed by atoms with E-state index in [9.17, 15) is 13.2 Å². The van der Waals surface area contributed by atoms with Crippen LogP contribution in [0.25, 0.3) is 0 Å². The van der Waals surface area contributed by atoms with E-state index in [1.165, 1.54) is 11.3 Å². The zero-order chi connectivity index (χ0) is 13.2. The Bertz CT molecular complexity index is 536. The van der Waals surface area contributed by atoms with Gasteiger partial charge in [-0.1, -0.05) is 6.92 Å². The fraction of sp³-hybridized carbons (Fsp3) is 0.636. The van der Waals surface area contributed by atoms with E-state index in [1.807, 2.05) is 12.3 Å². The predicted octanol–water partition coefficient (Wildman–Crippen LogP) is 0.756. The summed E-state index contributed by atoms with van der Waals surface area (Å²) in [5.41, 5.74) is 1.02. The number of sulfone groups is 1. The van der Waals surface area contributed by atoms with Crippen molar-refractivity contribution in [1.82, 2.24) is 10.3 Å². The van der Waals surface area contributed by atoms with Gasteiger partial charge in [0.2, 0.25) is 5.91 Å². The first-order valence-electron chi connectivity index (χ1n) is 5.91. The summed E-state index contributed by atoms with van der Waals surface area (Å²) in [6.07, 6.45) is 1.32. The normalized spacial score (nSPS) is 21.9. The Hall–Kier alpha value is -0.950.